The minimum atomic E-state index is -1.20. The van der Waals surface area contributed by atoms with Crippen LogP contribution in [0.3, 0.4) is 0 Å². The van der Waals surface area contributed by atoms with E-state index in [4.69, 9.17) is 43.4 Å². The summed E-state index contributed by atoms with van der Waals surface area (Å²) in [5.41, 5.74) is 8.25. The second kappa shape index (κ2) is 18.2. The molecule has 0 bridgehead atoms. The zero-order valence-electron chi connectivity index (χ0n) is 26.7. The summed E-state index contributed by atoms with van der Waals surface area (Å²) in [5, 5.41) is 44.1. The number of ether oxygens (including phenoxy) is 8. The largest absolute Gasteiger partial charge is 0.394 e. The maximum absolute atomic E-state index is 10.8. The molecule has 3 aliphatic heterocycles. The lowest BCUT2D eigenvalue weighted by molar-refractivity contribution is -0.352. The van der Waals surface area contributed by atoms with E-state index in [2.05, 4.69) is 16.9 Å². The summed E-state index contributed by atoms with van der Waals surface area (Å²) in [7, 11) is 0. The molecule has 0 aliphatic carbocycles. The maximum Gasteiger partial charge on any atom is 0.161 e. The summed E-state index contributed by atoms with van der Waals surface area (Å²) >= 11 is 0. The Hall–Kier alpha value is -1.17. The number of hydrogen-bond acceptors (Lipinski definition) is 13. The molecular formula is C29H53N3O12. The molecule has 3 rings (SSSR count). The second-order valence-corrected chi connectivity index (χ2v) is 12.2. The highest BCUT2D eigenvalue weighted by atomic mass is 16.7. The number of aliphatic hydroxyl groups is 4. The molecule has 0 radical (unpaired) electrons. The first kappa shape index (κ1) is 37.3. The Labute approximate surface area is 259 Å². The number of hydrogen-bond donors (Lipinski definition) is 4. The topological polar surface area (TPSA) is 204 Å². The summed E-state index contributed by atoms with van der Waals surface area (Å²) in [5.74, 6) is -0.818. The van der Waals surface area contributed by atoms with E-state index < -0.39 is 61.9 Å². The van der Waals surface area contributed by atoms with E-state index >= 15 is 0 Å². The third-order valence-electron chi connectivity index (χ3n) is 9.30. The highest BCUT2D eigenvalue weighted by molar-refractivity contribution is 4.92. The third-order valence-corrected chi connectivity index (χ3v) is 9.30. The summed E-state index contributed by atoms with van der Waals surface area (Å²) in [4.78, 5) is 2.67. The van der Waals surface area contributed by atoms with Crippen molar-refractivity contribution in [2.45, 2.75) is 103 Å². The molecule has 3 heterocycles. The van der Waals surface area contributed by atoms with E-state index in [1.165, 1.54) is 0 Å². The van der Waals surface area contributed by atoms with Crippen LogP contribution in [0.15, 0.2) is 5.11 Å². The van der Waals surface area contributed by atoms with Crippen molar-refractivity contribution in [1.82, 2.24) is 0 Å². The number of nitrogens with zero attached hydrogens (tertiary/aromatic N) is 3. The van der Waals surface area contributed by atoms with Crippen LogP contribution in [-0.4, -0.2) is 135 Å². The molecule has 3 aliphatic rings. The van der Waals surface area contributed by atoms with Gasteiger partial charge in [-0.25, -0.2) is 0 Å². The minimum absolute atomic E-state index is 0.0130. The van der Waals surface area contributed by atoms with Crippen molar-refractivity contribution in [3.05, 3.63) is 10.4 Å². The molecule has 0 saturated carbocycles. The molecule has 44 heavy (non-hydrogen) atoms. The molecule has 0 aromatic rings. The summed E-state index contributed by atoms with van der Waals surface area (Å²) < 4.78 is 47.6. The molecule has 15 heteroatoms. The van der Waals surface area contributed by atoms with E-state index in [1.54, 1.807) is 6.92 Å². The van der Waals surface area contributed by atoms with E-state index in [0.29, 0.717) is 33.0 Å². The van der Waals surface area contributed by atoms with Crippen LogP contribution in [-0.2, 0) is 37.9 Å². The molecule has 15 atom stereocenters. The Balaban J connectivity index is 1.50. The van der Waals surface area contributed by atoms with Crippen LogP contribution in [0, 0.1) is 29.6 Å². The van der Waals surface area contributed by atoms with Crippen molar-refractivity contribution in [2.75, 3.05) is 52.8 Å². The van der Waals surface area contributed by atoms with Crippen LogP contribution in [0.25, 0.3) is 10.4 Å². The Morgan fingerprint density at radius 1 is 0.659 bits per heavy atom. The number of aliphatic hydroxyl groups excluding tert-OH is 4. The van der Waals surface area contributed by atoms with Gasteiger partial charge in [-0.2, -0.15) is 0 Å². The molecular weight excluding hydrogens is 582 g/mol. The fourth-order valence-electron chi connectivity index (χ4n) is 6.01. The fraction of sp³-hybridized carbons (Fsp3) is 1.00. The average Bonchev–Trinajstić information content (AvgIpc) is 3.01. The van der Waals surface area contributed by atoms with Crippen molar-refractivity contribution in [1.29, 1.82) is 0 Å². The lowest BCUT2D eigenvalue weighted by Crippen LogP contribution is -2.60. The lowest BCUT2D eigenvalue weighted by Gasteiger charge is -2.50. The van der Waals surface area contributed by atoms with Gasteiger partial charge < -0.3 is 58.3 Å². The Kier molecular flexibility index (Phi) is 15.5. The van der Waals surface area contributed by atoms with Crippen LogP contribution in [0.5, 0.6) is 0 Å². The van der Waals surface area contributed by atoms with Crippen molar-refractivity contribution in [2.24, 2.45) is 34.7 Å². The van der Waals surface area contributed by atoms with Crippen molar-refractivity contribution in [3.8, 4) is 0 Å². The quantitative estimate of drug-likeness (QED) is 0.0818. The van der Waals surface area contributed by atoms with E-state index in [9.17, 15) is 20.4 Å². The van der Waals surface area contributed by atoms with Gasteiger partial charge in [-0.05, 0) is 24.3 Å². The number of rotatable bonds is 16. The standard InChI is InChI=1S/C29H53N3O12/c1-15-17(3)28(44-26-22(14-34)41-27(36)19(5)23(26)35)40-20(6)24(15)43-29-18(4)16(2)25(21(13-33)42-29)39-12-11-38-10-9-37-8-7-31-32-30/h15-29,33-36H,7-14H2,1-6H3/t15-,16-,17-,18-,19-,20-,21-,22-,23-,24+,25+,26-,27?,28+,29-/m1/s1. The van der Waals surface area contributed by atoms with Gasteiger partial charge >= 0.3 is 0 Å². The third kappa shape index (κ3) is 9.44. The molecule has 1 unspecified atom stereocenters. The van der Waals surface area contributed by atoms with Gasteiger partial charge in [-0.15, -0.1) is 0 Å². The fourth-order valence-corrected chi connectivity index (χ4v) is 6.01. The van der Waals surface area contributed by atoms with Crippen molar-refractivity contribution >= 4 is 0 Å². The molecule has 15 nitrogen and oxygen atoms in total. The van der Waals surface area contributed by atoms with Crippen LogP contribution >= 0.6 is 0 Å². The first-order valence-corrected chi connectivity index (χ1v) is 15.7. The van der Waals surface area contributed by atoms with E-state index in [0.717, 1.165) is 0 Å². The SMILES string of the molecule is C[C@@H]1[C@@H](C)[C@H](O[C@H]2[C@H](O)[C@@H](C)C(O)O[C@@H]2CO)O[C@H](C)[C@H]1O[C@H]1O[C@H](CO)[C@@H](OCCOCCOCCN=[N+]=[N-])[C@H](C)[C@H]1C. The maximum atomic E-state index is 10.8. The van der Waals surface area contributed by atoms with Crippen molar-refractivity contribution in [3.63, 3.8) is 0 Å². The van der Waals surface area contributed by atoms with E-state index in [-0.39, 0.29) is 49.0 Å². The normalized spacial score (nSPS) is 43.0. The second-order valence-electron chi connectivity index (χ2n) is 12.2. The molecule has 0 aromatic heterocycles. The molecule has 0 amide bonds. The molecule has 3 saturated heterocycles. The van der Waals surface area contributed by atoms with Crippen molar-refractivity contribution < 1.29 is 58.3 Å². The molecule has 3 fully saturated rings. The summed E-state index contributed by atoms with van der Waals surface area (Å²) in [6.07, 6.45) is -6.97. The first-order chi connectivity index (χ1) is 21.0. The molecule has 0 aromatic carbocycles. The van der Waals surface area contributed by atoms with Gasteiger partial charge in [-0.1, -0.05) is 39.7 Å². The van der Waals surface area contributed by atoms with Crippen LogP contribution in [0.1, 0.15) is 41.5 Å². The van der Waals surface area contributed by atoms with Gasteiger partial charge in [0.25, 0.3) is 0 Å². The van der Waals surface area contributed by atoms with Gasteiger partial charge in [0.2, 0.25) is 0 Å². The lowest BCUT2D eigenvalue weighted by atomic mass is 9.83. The van der Waals surface area contributed by atoms with Crippen LogP contribution in [0.4, 0.5) is 0 Å². The monoisotopic (exact) mass is 635 g/mol. The predicted octanol–water partition coefficient (Wildman–Crippen LogP) is 1.20. The molecule has 4 N–H and O–H groups in total. The van der Waals surface area contributed by atoms with Gasteiger partial charge in [0.15, 0.2) is 18.9 Å². The zero-order chi connectivity index (χ0) is 32.4. The summed E-state index contributed by atoms with van der Waals surface area (Å²) in [6.45, 7) is 13.1. The van der Waals surface area contributed by atoms with Gasteiger partial charge in [-0.3, -0.25) is 0 Å². The van der Waals surface area contributed by atoms with Crippen LogP contribution in [0.2, 0.25) is 0 Å². The van der Waals surface area contributed by atoms with E-state index in [1.807, 2.05) is 27.7 Å². The van der Waals surface area contributed by atoms with Gasteiger partial charge in [0, 0.05) is 29.2 Å². The van der Waals surface area contributed by atoms with Gasteiger partial charge in [0.1, 0.15) is 18.3 Å². The Morgan fingerprint density at radius 2 is 1.20 bits per heavy atom. The Bertz CT molecular complexity index is 881. The first-order valence-electron chi connectivity index (χ1n) is 15.7. The highest BCUT2D eigenvalue weighted by Gasteiger charge is 2.50. The van der Waals surface area contributed by atoms with Gasteiger partial charge in [0.05, 0.1) is 70.7 Å². The van der Waals surface area contributed by atoms with Crippen LogP contribution < -0.4 is 0 Å². The smallest absolute Gasteiger partial charge is 0.161 e. The molecule has 0 spiro atoms. The Morgan fingerprint density at radius 3 is 1.84 bits per heavy atom. The number of azide groups is 1. The minimum Gasteiger partial charge on any atom is -0.394 e. The summed E-state index contributed by atoms with van der Waals surface area (Å²) in [6, 6.07) is 0. The average molecular weight is 636 g/mol. The highest BCUT2D eigenvalue weighted by Crippen LogP contribution is 2.40. The molecule has 256 valence electrons. The zero-order valence-corrected chi connectivity index (χ0v) is 26.7. The predicted molar refractivity (Wildman–Crippen MR) is 155 cm³/mol.